The number of quaternary nitrogens is 1. The highest BCUT2D eigenvalue weighted by Gasteiger charge is 2.45. The maximum Gasteiger partial charge on any atom is 0.315 e. The Kier molecular flexibility index (Phi) is 10.9. The number of carbonyl (C=O) groups excluding carboxylic acids is 1. The number of aliphatic carboxylic acids is 2. The fraction of sp³-hybridized carbons (Fsp3) is 0.875. The van der Waals surface area contributed by atoms with Crippen LogP contribution in [0.4, 0.5) is 0 Å². The molecule has 5 heteroatoms. The molecule has 0 aromatic carbocycles. The van der Waals surface area contributed by atoms with Crippen LogP contribution in [-0.4, -0.2) is 23.6 Å². The van der Waals surface area contributed by atoms with E-state index in [1.54, 1.807) is 0 Å². The summed E-state index contributed by atoms with van der Waals surface area (Å²) < 4.78 is 0. The standard InChI is InChI=1S/C10H23N.C6H8O4/c1-2-3-4-5-6-7-8-9-10-11;7-4(8)6(5(9)10)2-1-3-6/h2-11H2,1H3;1-3H2,(H,7,8)(H,9,10). The van der Waals surface area contributed by atoms with Gasteiger partial charge in [0.1, 0.15) is 5.41 Å². The van der Waals surface area contributed by atoms with Gasteiger partial charge in [-0.1, -0.05) is 51.9 Å². The van der Waals surface area contributed by atoms with Crippen LogP contribution in [0.2, 0.25) is 0 Å². The first kappa shape index (κ1) is 19.9. The summed E-state index contributed by atoms with van der Waals surface area (Å²) in [7, 11) is 0. The molecule has 1 aliphatic rings. The third kappa shape index (κ3) is 7.46. The van der Waals surface area contributed by atoms with Crippen LogP contribution in [0.1, 0.15) is 77.6 Å². The van der Waals surface area contributed by atoms with Gasteiger partial charge in [-0.05, 0) is 25.7 Å². The smallest absolute Gasteiger partial charge is 0.315 e. The van der Waals surface area contributed by atoms with E-state index in [0.717, 1.165) is 6.54 Å². The third-order valence-corrected chi connectivity index (χ3v) is 4.11. The molecule has 0 spiro atoms. The average molecular weight is 301 g/mol. The van der Waals surface area contributed by atoms with Gasteiger partial charge in [0, 0.05) is 0 Å². The van der Waals surface area contributed by atoms with Gasteiger partial charge in [0.25, 0.3) is 0 Å². The van der Waals surface area contributed by atoms with Crippen LogP contribution in [0.25, 0.3) is 0 Å². The molecule has 0 aromatic heterocycles. The van der Waals surface area contributed by atoms with E-state index in [9.17, 15) is 14.7 Å². The minimum atomic E-state index is -1.56. The molecule has 21 heavy (non-hydrogen) atoms. The van der Waals surface area contributed by atoms with Crippen LogP contribution in [0.15, 0.2) is 0 Å². The molecular weight excluding hydrogens is 270 g/mol. The van der Waals surface area contributed by atoms with Crippen LogP contribution in [-0.2, 0) is 9.59 Å². The molecule has 5 nitrogen and oxygen atoms in total. The molecule has 0 radical (unpaired) electrons. The number of hydrogen-bond donors (Lipinski definition) is 2. The average Bonchev–Trinajstić information content (AvgIpc) is 2.36. The van der Waals surface area contributed by atoms with Crippen molar-refractivity contribution in [2.75, 3.05) is 6.54 Å². The zero-order valence-electron chi connectivity index (χ0n) is 13.4. The van der Waals surface area contributed by atoms with Gasteiger partial charge in [0.15, 0.2) is 0 Å². The fourth-order valence-corrected chi connectivity index (χ4v) is 2.35. The van der Waals surface area contributed by atoms with E-state index >= 15 is 0 Å². The molecular formula is C16H31NO4. The topological polar surface area (TPSA) is 105 Å². The van der Waals surface area contributed by atoms with Gasteiger partial charge in [0.2, 0.25) is 0 Å². The van der Waals surface area contributed by atoms with Crippen molar-refractivity contribution in [1.82, 2.24) is 0 Å². The molecule has 124 valence electrons. The van der Waals surface area contributed by atoms with Crippen molar-refractivity contribution < 1.29 is 25.5 Å². The predicted octanol–water partition coefficient (Wildman–Crippen LogP) is 1.36. The Labute approximate surface area is 127 Å². The van der Waals surface area contributed by atoms with E-state index in [1.807, 2.05) is 0 Å². The van der Waals surface area contributed by atoms with Crippen molar-refractivity contribution in [2.24, 2.45) is 5.41 Å². The van der Waals surface area contributed by atoms with Crippen LogP contribution in [0.3, 0.4) is 0 Å². The number of carboxylic acid groups (broad SMARTS) is 2. The molecule has 0 bridgehead atoms. The third-order valence-electron chi connectivity index (χ3n) is 4.11. The Bertz CT molecular complexity index is 277. The summed E-state index contributed by atoms with van der Waals surface area (Å²) in [6.07, 6.45) is 12.4. The first-order chi connectivity index (χ1) is 10.0. The lowest BCUT2D eigenvalue weighted by Gasteiger charge is -2.38. The van der Waals surface area contributed by atoms with Gasteiger partial charge in [0.05, 0.1) is 12.5 Å². The Morgan fingerprint density at radius 1 is 1.05 bits per heavy atom. The summed E-state index contributed by atoms with van der Waals surface area (Å²) in [5, 5.41) is 18.7. The number of rotatable bonds is 10. The maximum atomic E-state index is 10.3. The van der Waals surface area contributed by atoms with Crippen molar-refractivity contribution in [2.45, 2.75) is 77.6 Å². The van der Waals surface area contributed by atoms with E-state index in [4.69, 9.17) is 5.11 Å². The summed E-state index contributed by atoms with van der Waals surface area (Å²) in [6.45, 7) is 3.39. The highest BCUT2D eigenvalue weighted by Crippen LogP contribution is 2.40. The van der Waals surface area contributed by atoms with Crippen molar-refractivity contribution in [1.29, 1.82) is 0 Å². The summed E-state index contributed by atoms with van der Waals surface area (Å²) in [5.74, 6) is -2.72. The fourth-order valence-electron chi connectivity index (χ4n) is 2.35. The highest BCUT2D eigenvalue weighted by molar-refractivity contribution is 5.98. The molecule has 0 heterocycles. The lowest BCUT2D eigenvalue weighted by Crippen LogP contribution is -2.52. The Hall–Kier alpha value is -1.10. The van der Waals surface area contributed by atoms with Gasteiger partial charge >= 0.3 is 5.97 Å². The second kappa shape index (κ2) is 11.5. The van der Waals surface area contributed by atoms with Gasteiger partial charge in [-0.25, -0.2) is 0 Å². The molecule has 0 atom stereocenters. The van der Waals surface area contributed by atoms with E-state index in [2.05, 4.69) is 12.7 Å². The van der Waals surface area contributed by atoms with E-state index in [0.29, 0.717) is 6.42 Å². The largest absolute Gasteiger partial charge is 0.549 e. The monoisotopic (exact) mass is 301 g/mol. The van der Waals surface area contributed by atoms with Gasteiger partial charge in [-0.15, -0.1) is 0 Å². The summed E-state index contributed by atoms with van der Waals surface area (Å²) in [6, 6.07) is 0. The molecule has 4 N–H and O–H groups in total. The van der Waals surface area contributed by atoms with Crippen LogP contribution < -0.4 is 10.8 Å². The Morgan fingerprint density at radius 2 is 1.52 bits per heavy atom. The molecule has 1 fully saturated rings. The lowest BCUT2D eigenvalue weighted by atomic mass is 9.69. The zero-order valence-corrected chi connectivity index (χ0v) is 13.4. The molecule has 0 saturated heterocycles. The number of carbonyl (C=O) groups is 2. The van der Waals surface area contributed by atoms with Crippen molar-refractivity contribution in [3.8, 4) is 0 Å². The molecule has 1 rings (SSSR count). The molecule has 1 saturated carbocycles. The van der Waals surface area contributed by atoms with Crippen LogP contribution in [0.5, 0.6) is 0 Å². The maximum absolute atomic E-state index is 10.3. The highest BCUT2D eigenvalue weighted by atomic mass is 16.4. The van der Waals surface area contributed by atoms with Crippen molar-refractivity contribution in [3.05, 3.63) is 0 Å². The molecule has 0 aliphatic heterocycles. The SMILES string of the molecule is CCCCCCCCCC[NH3+].O=C([O-])C1(C(=O)O)CCC1. The van der Waals surface area contributed by atoms with Gasteiger partial charge in [-0.2, -0.15) is 0 Å². The van der Waals surface area contributed by atoms with Crippen molar-refractivity contribution in [3.63, 3.8) is 0 Å². The molecule has 0 unspecified atom stereocenters. The van der Waals surface area contributed by atoms with Crippen LogP contribution >= 0.6 is 0 Å². The minimum absolute atomic E-state index is 0.213. The second-order valence-electron chi connectivity index (χ2n) is 5.86. The van der Waals surface area contributed by atoms with Crippen molar-refractivity contribution >= 4 is 11.9 Å². The summed E-state index contributed by atoms with van der Waals surface area (Å²) >= 11 is 0. The number of hydrogen-bond acceptors (Lipinski definition) is 3. The Balaban J connectivity index is 0.000000382. The van der Waals surface area contributed by atoms with Gasteiger partial charge < -0.3 is 20.7 Å². The van der Waals surface area contributed by atoms with E-state index in [1.165, 1.54) is 51.4 Å². The minimum Gasteiger partial charge on any atom is -0.549 e. The Morgan fingerprint density at radius 3 is 1.76 bits per heavy atom. The first-order valence-electron chi connectivity index (χ1n) is 8.25. The van der Waals surface area contributed by atoms with Gasteiger partial charge in [-0.3, -0.25) is 4.79 Å². The molecule has 0 aromatic rings. The number of unbranched alkanes of at least 4 members (excludes halogenated alkanes) is 7. The molecule has 0 amide bonds. The number of carboxylic acids is 2. The second-order valence-corrected chi connectivity index (χ2v) is 5.86. The van der Waals surface area contributed by atoms with Crippen LogP contribution in [0, 0.1) is 5.41 Å². The first-order valence-corrected chi connectivity index (χ1v) is 8.25. The quantitative estimate of drug-likeness (QED) is 0.469. The summed E-state index contributed by atoms with van der Waals surface area (Å²) in [5.41, 5.74) is 2.28. The lowest BCUT2D eigenvalue weighted by molar-refractivity contribution is -0.368. The molecule has 1 aliphatic carbocycles. The van der Waals surface area contributed by atoms with E-state index in [-0.39, 0.29) is 12.8 Å². The van der Waals surface area contributed by atoms with E-state index < -0.39 is 17.4 Å². The zero-order chi connectivity index (χ0) is 16.1. The summed E-state index contributed by atoms with van der Waals surface area (Å²) in [4.78, 5) is 20.6. The normalized spacial score (nSPS) is 15.5. The predicted molar refractivity (Wildman–Crippen MR) is 79.3 cm³/mol.